The number of carbonyl (C=O) groups is 1. The molecule has 7 heteroatoms. The Morgan fingerprint density at radius 2 is 2.00 bits per heavy atom. The van der Waals surface area contributed by atoms with Crippen molar-refractivity contribution < 1.29 is 23.0 Å². The molecule has 2 unspecified atom stereocenters. The predicted molar refractivity (Wildman–Crippen MR) is 108 cm³/mol. The third kappa shape index (κ3) is 4.63. The second-order valence-corrected chi connectivity index (χ2v) is 7.89. The van der Waals surface area contributed by atoms with Gasteiger partial charge in [-0.2, -0.15) is 0 Å². The van der Waals surface area contributed by atoms with Gasteiger partial charge in [-0.05, 0) is 30.2 Å². The number of amides is 1. The minimum Gasteiger partial charge on any atom is -0.497 e. The Morgan fingerprint density at radius 1 is 1.13 bits per heavy atom. The van der Waals surface area contributed by atoms with E-state index in [-0.39, 0.29) is 17.9 Å². The van der Waals surface area contributed by atoms with Gasteiger partial charge in [-0.3, -0.25) is 9.69 Å². The van der Waals surface area contributed by atoms with Crippen LogP contribution in [0.4, 0.5) is 8.78 Å². The number of nitrogens with zero attached hydrogens (tertiary/aromatic N) is 2. The van der Waals surface area contributed by atoms with Gasteiger partial charge in [0.25, 0.3) is 0 Å². The molecule has 0 saturated carbocycles. The number of halogens is 2. The zero-order valence-corrected chi connectivity index (χ0v) is 17.0. The third-order valence-corrected chi connectivity index (χ3v) is 5.87. The van der Waals surface area contributed by atoms with Crippen molar-refractivity contribution in [1.29, 1.82) is 0 Å². The molecule has 1 amide bonds. The summed E-state index contributed by atoms with van der Waals surface area (Å²) < 4.78 is 38.5. The van der Waals surface area contributed by atoms with Crippen molar-refractivity contribution in [2.45, 2.75) is 25.6 Å². The van der Waals surface area contributed by atoms with Gasteiger partial charge in [-0.25, -0.2) is 8.78 Å². The van der Waals surface area contributed by atoms with E-state index < -0.39 is 11.6 Å². The molecule has 0 N–H and O–H groups in total. The molecule has 0 aliphatic carbocycles. The molecule has 2 heterocycles. The minimum absolute atomic E-state index is 0.0598. The third-order valence-electron chi connectivity index (χ3n) is 5.87. The van der Waals surface area contributed by atoms with Gasteiger partial charge >= 0.3 is 0 Å². The van der Waals surface area contributed by atoms with Crippen LogP contribution in [0.1, 0.15) is 17.5 Å². The molecule has 30 heavy (non-hydrogen) atoms. The number of ether oxygens (including phenoxy) is 2. The Hall–Kier alpha value is -2.51. The highest BCUT2D eigenvalue weighted by molar-refractivity contribution is 5.80. The SMILES string of the molecule is COc1cccc(CN2CCOC3CCN(Cc4ccc(F)cc4F)CC3C2=O)c1. The lowest BCUT2D eigenvalue weighted by Gasteiger charge is -2.37. The van der Waals surface area contributed by atoms with Crippen LogP contribution >= 0.6 is 0 Å². The molecule has 2 fully saturated rings. The average molecular weight is 416 g/mol. The summed E-state index contributed by atoms with van der Waals surface area (Å²) in [5.74, 6) is -0.621. The first-order valence-corrected chi connectivity index (χ1v) is 10.2. The average Bonchev–Trinajstić information content (AvgIpc) is 2.89. The van der Waals surface area contributed by atoms with Crippen molar-refractivity contribution in [1.82, 2.24) is 9.80 Å². The fourth-order valence-corrected chi connectivity index (χ4v) is 4.28. The first-order chi connectivity index (χ1) is 14.5. The summed E-state index contributed by atoms with van der Waals surface area (Å²) in [5, 5.41) is 0. The highest BCUT2D eigenvalue weighted by Gasteiger charge is 2.39. The Bertz CT molecular complexity index is 908. The first-order valence-electron chi connectivity index (χ1n) is 10.2. The maximum Gasteiger partial charge on any atom is 0.229 e. The highest BCUT2D eigenvalue weighted by Crippen LogP contribution is 2.27. The van der Waals surface area contributed by atoms with Gasteiger partial charge in [0, 0.05) is 44.4 Å². The number of piperidine rings is 1. The van der Waals surface area contributed by atoms with Crippen LogP contribution in [-0.4, -0.2) is 55.2 Å². The van der Waals surface area contributed by atoms with Crippen molar-refractivity contribution in [3.63, 3.8) is 0 Å². The normalized spacial score (nSPS) is 22.5. The van der Waals surface area contributed by atoms with Gasteiger partial charge in [0.1, 0.15) is 17.4 Å². The lowest BCUT2D eigenvalue weighted by Crippen LogP contribution is -2.49. The number of methoxy groups -OCH3 is 1. The summed E-state index contributed by atoms with van der Waals surface area (Å²) in [6.07, 6.45) is 0.591. The minimum atomic E-state index is -0.588. The van der Waals surface area contributed by atoms with E-state index in [1.54, 1.807) is 7.11 Å². The van der Waals surface area contributed by atoms with E-state index in [4.69, 9.17) is 9.47 Å². The summed E-state index contributed by atoms with van der Waals surface area (Å²) in [6.45, 7) is 3.09. The molecule has 160 valence electrons. The highest BCUT2D eigenvalue weighted by atomic mass is 19.1. The van der Waals surface area contributed by atoms with Crippen LogP contribution in [0.15, 0.2) is 42.5 Å². The fourth-order valence-electron chi connectivity index (χ4n) is 4.28. The molecule has 5 nitrogen and oxygen atoms in total. The molecule has 0 aromatic heterocycles. The van der Waals surface area contributed by atoms with Crippen LogP contribution in [0, 0.1) is 17.6 Å². The largest absolute Gasteiger partial charge is 0.497 e. The number of hydrogen-bond donors (Lipinski definition) is 0. The maximum atomic E-state index is 14.1. The zero-order valence-electron chi connectivity index (χ0n) is 17.0. The van der Waals surface area contributed by atoms with E-state index in [2.05, 4.69) is 0 Å². The van der Waals surface area contributed by atoms with E-state index in [0.717, 1.165) is 17.4 Å². The molecule has 2 atom stereocenters. The van der Waals surface area contributed by atoms with E-state index >= 15 is 0 Å². The van der Waals surface area contributed by atoms with Gasteiger partial charge in [0.2, 0.25) is 5.91 Å². The lowest BCUT2D eigenvalue weighted by molar-refractivity contribution is -0.140. The van der Waals surface area contributed by atoms with Crippen LogP contribution in [-0.2, 0) is 22.6 Å². The number of benzene rings is 2. The zero-order chi connectivity index (χ0) is 21.1. The summed E-state index contributed by atoms with van der Waals surface area (Å²) in [7, 11) is 1.62. The molecule has 2 aliphatic rings. The van der Waals surface area contributed by atoms with Crippen LogP contribution in [0.2, 0.25) is 0 Å². The molecular formula is C23H26F2N2O3. The predicted octanol–water partition coefficient (Wildman–Crippen LogP) is 3.22. The summed E-state index contributed by atoms with van der Waals surface area (Å²) in [4.78, 5) is 17.2. The smallest absolute Gasteiger partial charge is 0.229 e. The molecule has 4 rings (SSSR count). The summed E-state index contributed by atoms with van der Waals surface area (Å²) >= 11 is 0. The van der Waals surface area contributed by atoms with E-state index in [1.165, 1.54) is 12.1 Å². The first kappa shape index (κ1) is 20.8. The molecule has 2 aromatic carbocycles. The van der Waals surface area contributed by atoms with Crippen LogP contribution in [0.5, 0.6) is 5.75 Å². The summed E-state index contributed by atoms with van der Waals surface area (Å²) in [5.41, 5.74) is 1.44. The van der Waals surface area contributed by atoms with E-state index in [1.807, 2.05) is 34.1 Å². The second kappa shape index (κ2) is 9.10. The van der Waals surface area contributed by atoms with Gasteiger partial charge in [-0.15, -0.1) is 0 Å². The standard InChI is InChI=1S/C23H26F2N2O3/c1-29-19-4-2-3-16(11-19)13-27-9-10-30-22-7-8-26(15-20(22)23(27)28)14-17-5-6-18(24)12-21(17)25/h2-6,11-12,20,22H,7-10,13-15H2,1H3. The van der Waals surface area contributed by atoms with Crippen LogP contribution in [0.25, 0.3) is 0 Å². The summed E-state index contributed by atoms with van der Waals surface area (Å²) in [6, 6.07) is 11.3. The van der Waals surface area contributed by atoms with Crippen LogP contribution in [0.3, 0.4) is 0 Å². The molecule has 0 radical (unpaired) electrons. The Morgan fingerprint density at radius 3 is 2.80 bits per heavy atom. The van der Waals surface area contributed by atoms with Gasteiger partial charge in [0.05, 0.1) is 25.7 Å². The quantitative estimate of drug-likeness (QED) is 0.751. The molecule has 2 aromatic rings. The topological polar surface area (TPSA) is 42.0 Å². The van der Waals surface area contributed by atoms with E-state index in [9.17, 15) is 13.6 Å². The number of likely N-dealkylation sites (tertiary alicyclic amines) is 1. The van der Waals surface area contributed by atoms with Crippen molar-refractivity contribution in [3.8, 4) is 5.75 Å². The number of fused-ring (bicyclic) bond motifs is 1. The Labute approximate surface area is 175 Å². The Balaban J connectivity index is 1.45. The number of hydrogen-bond acceptors (Lipinski definition) is 4. The van der Waals surface area contributed by atoms with Crippen molar-refractivity contribution in [3.05, 3.63) is 65.2 Å². The lowest BCUT2D eigenvalue weighted by atomic mass is 9.92. The molecule has 2 aliphatic heterocycles. The fraction of sp³-hybridized carbons (Fsp3) is 0.435. The monoisotopic (exact) mass is 416 g/mol. The van der Waals surface area contributed by atoms with Crippen LogP contribution < -0.4 is 4.74 Å². The molecular weight excluding hydrogens is 390 g/mol. The number of carbonyl (C=O) groups excluding carboxylic acids is 1. The Kier molecular flexibility index (Phi) is 6.29. The second-order valence-electron chi connectivity index (χ2n) is 7.89. The van der Waals surface area contributed by atoms with Gasteiger partial charge < -0.3 is 14.4 Å². The molecule has 0 spiro atoms. The van der Waals surface area contributed by atoms with E-state index in [0.29, 0.717) is 51.3 Å². The van der Waals surface area contributed by atoms with Crippen molar-refractivity contribution in [2.24, 2.45) is 5.92 Å². The van der Waals surface area contributed by atoms with Gasteiger partial charge in [0.15, 0.2) is 0 Å². The van der Waals surface area contributed by atoms with Crippen molar-refractivity contribution in [2.75, 3.05) is 33.4 Å². The molecule has 2 saturated heterocycles. The van der Waals surface area contributed by atoms with Crippen molar-refractivity contribution >= 4 is 5.91 Å². The maximum absolute atomic E-state index is 14.1. The number of rotatable bonds is 5. The van der Waals surface area contributed by atoms with Gasteiger partial charge in [-0.1, -0.05) is 18.2 Å². The molecule has 0 bridgehead atoms.